The number of ether oxygens (including phenoxy) is 1. The van der Waals surface area contributed by atoms with Gasteiger partial charge < -0.3 is 20.1 Å². The first-order valence-corrected chi connectivity index (χ1v) is 6.14. The van der Waals surface area contributed by atoms with E-state index in [4.69, 9.17) is 4.74 Å². The van der Waals surface area contributed by atoms with Crippen LogP contribution in [0.1, 0.15) is 15.9 Å². The number of para-hydroxylation sites is 2. The molecule has 0 unspecified atom stereocenters. The minimum absolute atomic E-state index is 0.00892. The van der Waals surface area contributed by atoms with Crippen LogP contribution in [0.25, 0.3) is 6.08 Å². The lowest BCUT2D eigenvalue weighted by Gasteiger charge is -2.06. The molecule has 0 bridgehead atoms. The van der Waals surface area contributed by atoms with Crippen LogP contribution in [0.4, 0.5) is 0 Å². The summed E-state index contributed by atoms with van der Waals surface area (Å²) < 4.78 is 5.06. The Bertz CT molecular complexity index is 704. The van der Waals surface area contributed by atoms with Crippen molar-refractivity contribution in [2.45, 2.75) is 0 Å². The highest BCUT2D eigenvalue weighted by atomic mass is 16.5. The smallest absolute Gasteiger partial charge is 0.189 e. The van der Waals surface area contributed by atoms with Crippen LogP contribution >= 0.6 is 0 Å². The van der Waals surface area contributed by atoms with Gasteiger partial charge in [0, 0.05) is 5.56 Å². The molecular formula is C16H14O5. The van der Waals surface area contributed by atoms with Crippen LogP contribution in [0.3, 0.4) is 0 Å². The van der Waals surface area contributed by atoms with Gasteiger partial charge in [0.2, 0.25) is 0 Å². The Morgan fingerprint density at radius 1 is 1.05 bits per heavy atom. The fourth-order valence-electron chi connectivity index (χ4n) is 1.88. The number of phenolic OH excluding ortho intramolecular Hbond substituents is 3. The van der Waals surface area contributed by atoms with Crippen molar-refractivity contribution in [3.63, 3.8) is 0 Å². The SMILES string of the molecule is COc1c(O)cccc1/C=C/C(=O)c1cccc(O)c1O. The lowest BCUT2D eigenvalue weighted by molar-refractivity contribution is 0.104. The average molecular weight is 286 g/mol. The van der Waals surface area contributed by atoms with Crippen LogP contribution in [0.5, 0.6) is 23.0 Å². The van der Waals surface area contributed by atoms with Crippen molar-refractivity contribution >= 4 is 11.9 Å². The Hall–Kier alpha value is -2.95. The van der Waals surface area contributed by atoms with E-state index < -0.39 is 11.5 Å². The number of hydrogen-bond donors (Lipinski definition) is 3. The second kappa shape index (κ2) is 6.00. The van der Waals surface area contributed by atoms with Crippen LogP contribution < -0.4 is 4.74 Å². The predicted octanol–water partition coefficient (Wildman–Crippen LogP) is 2.71. The number of phenols is 3. The van der Waals surface area contributed by atoms with Crippen molar-refractivity contribution in [3.8, 4) is 23.0 Å². The largest absolute Gasteiger partial charge is 0.504 e. The maximum atomic E-state index is 12.0. The third kappa shape index (κ3) is 2.97. The second-order valence-electron chi connectivity index (χ2n) is 4.27. The second-order valence-corrected chi connectivity index (χ2v) is 4.27. The van der Waals surface area contributed by atoms with Gasteiger partial charge in [-0.3, -0.25) is 4.79 Å². The van der Waals surface area contributed by atoms with Crippen molar-refractivity contribution in [1.82, 2.24) is 0 Å². The molecule has 0 aliphatic rings. The molecule has 2 aromatic carbocycles. The highest BCUT2D eigenvalue weighted by molar-refractivity contribution is 6.09. The number of methoxy groups -OCH3 is 1. The fourth-order valence-corrected chi connectivity index (χ4v) is 1.88. The molecule has 0 amide bonds. The highest BCUT2D eigenvalue weighted by Crippen LogP contribution is 2.31. The topological polar surface area (TPSA) is 87.0 Å². The van der Waals surface area contributed by atoms with Gasteiger partial charge in [0.15, 0.2) is 28.8 Å². The molecule has 3 N–H and O–H groups in total. The number of aromatic hydroxyl groups is 3. The molecule has 5 heteroatoms. The summed E-state index contributed by atoms with van der Waals surface area (Å²) in [5.41, 5.74) is 0.510. The molecule has 5 nitrogen and oxygen atoms in total. The lowest BCUT2D eigenvalue weighted by atomic mass is 10.1. The number of ketones is 1. The quantitative estimate of drug-likeness (QED) is 0.457. The molecule has 0 aliphatic heterocycles. The van der Waals surface area contributed by atoms with Gasteiger partial charge in [0.1, 0.15) is 0 Å². The Kier molecular flexibility index (Phi) is 4.13. The van der Waals surface area contributed by atoms with E-state index in [9.17, 15) is 20.1 Å². The van der Waals surface area contributed by atoms with E-state index in [0.717, 1.165) is 0 Å². The van der Waals surface area contributed by atoms with Gasteiger partial charge in [0.05, 0.1) is 12.7 Å². The normalized spacial score (nSPS) is 10.7. The van der Waals surface area contributed by atoms with Crippen molar-refractivity contribution in [2.75, 3.05) is 7.11 Å². The highest BCUT2D eigenvalue weighted by Gasteiger charge is 2.12. The summed E-state index contributed by atoms with van der Waals surface area (Å²) in [4.78, 5) is 12.0. The van der Waals surface area contributed by atoms with E-state index in [2.05, 4.69) is 0 Å². The van der Waals surface area contributed by atoms with Gasteiger partial charge in [-0.25, -0.2) is 0 Å². The van der Waals surface area contributed by atoms with Crippen LogP contribution in [0, 0.1) is 0 Å². The molecule has 108 valence electrons. The summed E-state index contributed by atoms with van der Waals surface area (Å²) in [6.45, 7) is 0. The third-order valence-corrected chi connectivity index (χ3v) is 2.92. The van der Waals surface area contributed by atoms with Gasteiger partial charge in [-0.1, -0.05) is 18.2 Å². The van der Waals surface area contributed by atoms with E-state index in [-0.39, 0.29) is 22.8 Å². The first-order chi connectivity index (χ1) is 10.0. The molecule has 0 aromatic heterocycles. The van der Waals surface area contributed by atoms with Crippen molar-refractivity contribution in [3.05, 3.63) is 53.6 Å². The number of benzene rings is 2. The molecule has 0 saturated heterocycles. The van der Waals surface area contributed by atoms with Crippen LogP contribution in [-0.2, 0) is 0 Å². The number of allylic oxidation sites excluding steroid dienone is 1. The minimum atomic E-state index is -0.478. The molecular weight excluding hydrogens is 272 g/mol. The summed E-state index contributed by atoms with van der Waals surface area (Å²) in [7, 11) is 1.41. The molecule has 0 atom stereocenters. The first-order valence-electron chi connectivity index (χ1n) is 6.14. The van der Waals surface area contributed by atoms with E-state index >= 15 is 0 Å². The van der Waals surface area contributed by atoms with Gasteiger partial charge in [-0.15, -0.1) is 0 Å². The Labute approximate surface area is 121 Å². The molecule has 0 saturated carbocycles. The molecule has 0 spiro atoms. The van der Waals surface area contributed by atoms with E-state index in [1.54, 1.807) is 12.1 Å². The zero-order valence-electron chi connectivity index (χ0n) is 11.3. The average Bonchev–Trinajstić information content (AvgIpc) is 2.47. The standard InChI is InChI=1S/C16H14O5/c1-21-16-10(4-2-7-14(16)19)8-9-12(17)11-5-3-6-13(18)15(11)20/h2-9,18-20H,1H3/b9-8+. The maximum absolute atomic E-state index is 12.0. The minimum Gasteiger partial charge on any atom is -0.504 e. The van der Waals surface area contributed by atoms with Crippen LogP contribution in [0.2, 0.25) is 0 Å². The fraction of sp³-hybridized carbons (Fsp3) is 0.0625. The molecule has 0 fully saturated rings. The van der Waals surface area contributed by atoms with Crippen LogP contribution in [-0.4, -0.2) is 28.2 Å². The number of carbonyl (C=O) groups excluding carboxylic acids is 1. The lowest BCUT2D eigenvalue weighted by Crippen LogP contribution is -1.95. The Morgan fingerprint density at radius 3 is 2.43 bits per heavy atom. The van der Waals surface area contributed by atoms with Crippen molar-refractivity contribution in [2.24, 2.45) is 0 Å². The zero-order chi connectivity index (χ0) is 15.4. The van der Waals surface area contributed by atoms with E-state index in [1.807, 2.05) is 0 Å². The third-order valence-electron chi connectivity index (χ3n) is 2.92. The van der Waals surface area contributed by atoms with Gasteiger partial charge in [-0.05, 0) is 30.4 Å². The summed E-state index contributed by atoms with van der Waals surface area (Å²) in [6.07, 6.45) is 2.69. The molecule has 0 aliphatic carbocycles. The van der Waals surface area contributed by atoms with Gasteiger partial charge in [0.25, 0.3) is 0 Å². The van der Waals surface area contributed by atoms with E-state index in [1.165, 1.54) is 43.5 Å². The number of rotatable bonds is 4. The van der Waals surface area contributed by atoms with Gasteiger partial charge >= 0.3 is 0 Å². The zero-order valence-corrected chi connectivity index (χ0v) is 11.3. The van der Waals surface area contributed by atoms with E-state index in [0.29, 0.717) is 5.56 Å². The monoisotopic (exact) mass is 286 g/mol. The summed E-state index contributed by atoms with van der Waals surface area (Å²) in [6, 6.07) is 8.91. The maximum Gasteiger partial charge on any atom is 0.189 e. The molecule has 2 rings (SSSR count). The molecule has 0 heterocycles. The summed E-state index contributed by atoms with van der Waals surface area (Å²) >= 11 is 0. The Balaban J connectivity index is 2.32. The summed E-state index contributed by atoms with van der Waals surface area (Å²) in [5.74, 6) is -1.08. The molecule has 0 radical (unpaired) electrons. The van der Waals surface area contributed by atoms with Crippen LogP contribution in [0.15, 0.2) is 42.5 Å². The first kappa shape index (κ1) is 14.5. The number of carbonyl (C=O) groups is 1. The van der Waals surface area contributed by atoms with Crippen molar-refractivity contribution < 1.29 is 24.9 Å². The Morgan fingerprint density at radius 2 is 1.71 bits per heavy atom. The summed E-state index contributed by atoms with van der Waals surface area (Å²) in [5, 5.41) is 28.7. The predicted molar refractivity (Wildman–Crippen MR) is 77.8 cm³/mol. The number of hydrogen-bond acceptors (Lipinski definition) is 5. The van der Waals surface area contributed by atoms with Gasteiger partial charge in [-0.2, -0.15) is 0 Å². The van der Waals surface area contributed by atoms with Crippen molar-refractivity contribution in [1.29, 1.82) is 0 Å². The molecule has 2 aromatic rings. The molecule has 21 heavy (non-hydrogen) atoms.